The number of ether oxygens (including phenoxy) is 1. The number of hydrogen-bond acceptors (Lipinski definition) is 3. The zero-order valence-corrected chi connectivity index (χ0v) is 11.8. The molecule has 0 aliphatic heterocycles. The van der Waals surface area contributed by atoms with Crippen LogP contribution in [0.15, 0.2) is 12.1 Å². The molecular weight excluding hydrogens is 246 g/mol. The van der Waals surface area contributed by atoms with Gasteiger partial charge in [0.25, 0.3) is 0 Å². The van der Waals surface area contributed by atoms with Crippen LogP contribution < -0.4 is 10.1 Å². The quantitative estimate of drug-likeness (QED) is 0.819. The van der Waals surface area contributed by atoms with Gasteiger partial charge in [0.1, 0.15) is 11.2 Å². The van der Waals surface area contributed by atoms with Crippen LogP contribution in [0.3, 0.4) is 0 Å². The van der Waals surface area contributed by atoms with Gasteiger partial charge < -0.3 is 15.2 Å². The standard InChI is InChI=1S/C14H19NO4/c1-8-6-9(2)11(10(7-8)19-5)15-12(16)14(3,4)13(17)18/h6-7H,1-5H3,(H,15,16)(H,17,18). The largest absolute Gasteiger partial charge is 0.495 e. The summed E-state index contributed by atoms with van der Waals surface area (Å²) in [5, 5.41) is 11.7. The second-order valence-corrected chi connectivity index (χ2v) is 5.04. The van der Waals surface area contributed by atoms with Gasteiger partial charge in [0.2, 0.25) is 5.91 Å². The molecule has 5 heteroatoms. The van der Waals surface area contributed by atoms with Gasteiger partial charge in [-0.3, -0.25) is 9.59 Å². The Morgan fingerprint density at radius 1 is 1.26 bits per heavy atom. The Labute approximate surface area is 112 Å². The number of amides is 1. The summed E-state index contributed by atoms with van der Waals surface area (Å²) in [4.78, 5) is 23.1. The van der Waals surface area contributed by atoms with Gasteiger partial charge in [0, 0.05) is 0 Å². The minimum absolute atomic E-state index is 0.507. The highest BCUT2D eigenvalue weighted by Crippen LogP contribution is 2.31. The maximum atomic E-state index is 12.0. The predicted octanol–water partition coefficient (Wildman–Crippen LogP) is 2.36. The molecule has 0 bridgehead atoms. The monoisotopic (exact) mass is 265 g/mol. The number of aliphatic carboxylic acids is 1. The molecule has 5 nitrogen and oxygen atoms in total. The summed E-state index contributed by atoms with van der Waals surface area (Å²) >= 11 is 0. The van der Waals surface area contributed by atoms with Gasteiger partial charge in [0.05, 0.1) is 12.8 Å². The molecule has 0 spiro atoms. The van der Waals surface area contributed by atoms with Crippen LogP contribution in [-0.2, 0) is 9.59 Å². The first-order chi connectivity index (χ1) is 8.70. The van der Waals surface area contributed by atoms with Crippen LogP contribution in [-0.4, -0.2) is 24.1 Å². The van der Waals surface area contributed by atoms with E-state index in [1.54, 1.807) is 6.07 Å². The van der Waals surface area contributed by atoms with Crippen molar-refractivity contribution in [2.75, 3.05) is 12.4 Å². The second-order valence-electron chi connectivity index (χ2n) is 5.04. The number of methoxy groups -OCH3 is 1. The lowest BCUT2D eigenvalue weighted by Crippen LogP contribution is -2.38. The molecule has 0 radical (unpaired) electrons. The van der Waals surface area contributed by atoms with Crippen LogP contribution >= 0.6 is 0 Å². The van der Waals surface area contributed by atoms with E-state index in [0.29, 0.717) is 11.4 Å². The SMILES string of the molecule is COc1cc(C)cc(C)c1NC(=O)C(C)(C)C(=O)O. The van der Waals surface area contributed by atoms with Crippen molar-refractivity contribution >= 4 is 17.6 Å². The van der Waals surface area contributed by atoms with Gasteiger partial charge in [-0.1, -0.05) is 6.07 Å². The van der Waals surface area contributed by atoms with E-state index < -0.39 is 17.3 Å². The molecule has 1 aromatic rings. The van der Waals surface area contributed by atoms with Crippen LogP contribution in [0.25, 0.3) is 0 Å². The smallest absolute Gasteiger partial charge is 0.318 e. The molecular formula is C14H19NO4. The van der Waals surface area contributed by atoms with Crippen molar-refractivity contribution in [3.8, 4) is 5.75 Å². The van der Waals surface area contributed by atoms with E-state index >= 15 is 0 Å². The Morgan fingerprint density at radius 3 is 2.32 bits per heavy atom. The number of carboxylic acids is 1. The molecule has 0 aliphatic carbocycles. The van der Waals surface area contributed by atoms with Crippen molar-refractivity contribution in [2.45, 2.75) is 27.7 Å². The first-order valence-electron chi connectivity index (χ1n) is 5.90. The van der Waals surface area contributed by atoms with Gasteiger partial charge in [0.15, 0.2) is 0 Å². The summed E-state index contributed by atoms with van der Waals surface area (Å²) in [5.41, 5.74) is 0.839. The number of anilines is 1. The van der Waals surface area contributed by atoms with E-state index in [-0.39, 0.29) is 0 Å². The van der Waals surface area contributed by atoms with Crippen LogP contribution in [0.1, 0.15) is 25.0 Å². The van der Waals surface area contributed by atoms with E-state index in [1.165, 1.54) is 21.0 Å². The average Bonchev–Trinajstić information content (AvgIpc) is 2.31. The molecule has 1 rings (SSSR count). The van der Waals surface area contributed by atoms with Gasteiger partial charge in [-0.2, -0.15) is 0 Å². The Kier molecular flexibility index (Phi) is 4.19. The van der Waals surface area contributed by atoms with E-state index in [0.717, 1.165) is 11.1 Å². The highest BCUT2D eigenvalue weighted by Gasteiger charge is 2.36. The molecule has 0 saturated heterocycles. The molecule has 0 heterocycles. The fraction of sp³-hybridized carbons (Fsp3) is 0.429. The number of hydrogen-bond donors (Lipinski definition) is 2. The van der Waals surface area contributed by atoms with Gasteiger partial charge in [-0.15, -0.1) is 0 Å². The third-order valence-electron chi connectivity index (χ3n) is 3.00. The van der Waals surface area contributed by atoms with Crippen molar-refractivity contribution < 1.29 is 19.4 Å². The van der Waals surface area contributed by atoms with Gasteiger partial charge >= 0.3 is 5.97 Å². The summed E-state index contributed by atoms with van der Waals surface area (Å²) in [7, 11) is 1.51. The summed E-state index contributed by atoms with van der Waals surface area (Å²) in [6.07, 6.45) is 0. The fourth-order valence-corrected chi connectivity index (χ4v) is 1.62. The molecule has 2 N–H and O–H groups in total. The van der Waals surface area contributed by atoms with Crippen LogP contribution in [0, 0.1) is 19.3 Å². The number of carboxylic acid groups (broad SMARTS) is 1. The lowest BCUT2D eigenvalue weighted by Gasteiger charge is -2.21. The maximum absolute atomic E-state index is 12.0. The number of aryl methyl sites for hydroxylation is 2. The molecule has 19 heavy (non-hydrogen) atoms. The average molecular weight is 265 g/mol. The normalized spacial score (nSPS) is 11.0. The molecule has 0 aliphatic rings. The second kappa shape index (κ2) is 5.30. The molecule has 1 aromatic carbocycles. The Bertz CT molecular complexity index is 520. The minimum atomic E-state index is -1.50. The highest BCUT2D eigenvalue weighted by atomic mass is 16.5. The molecule has 104 valence electrons. The first-order valence-corrected chi connectivity index (χ1v) is 5.90. The number of nitrogens with one attached hydrogen (secondary N) is 1. The van der Waals surface area contributed by atoms with Crippen molar-refractivity contribution in [2.24, 2.45) is 5.41 Å². The number of benzene rings is 1. The highest BCUT2D eigenvalue weighted by molar-refractivity contribution is 6.08. The third-order valence-corrected chi connectivity index (χ3v) is 3.00. The third kappa shape index (κ3) is 3.05. The van der Waals surface area contributed by atoms with Crippen LogP contribution in [0.4, 0.5) is 5.69 Å². The van der Waals surface area contributed by atoms with Crippen molar-refractivity contribution in [1.29, 1.82) is 0 Å². The Morgan fingerprint density at radius 2 is 1.84 bits per heavy atom. The van der Waals surface area contributed by atoms with Crippen molar-refractivity contribution in [3.05, 3.63) is 23.3 Å². The lowest BCUT2D eigenvalue weighted by atomic mass is 9.92. The summed E-state index contributed by atoms with van der Waals surface area (Å²) in [5.74, 6) is -1.23. The summed E-state index contributed by atoms with van der Waals surface area (Å²) in [6, 6.07) is 3.68. The molecule has 0 aromatic heterocycles. The van der Waals surface area contributed by atoms with E-state index in [2.05, 4.69) is 5.32 Å². The Balaban J connectivity index is 3.13. The molecule has 0 unspecified atom stereocenters. The summed E-state index contributed by atoms with van der Waals surface area (Å²) in [6.45, 7) is 6.47. The number of carbonyl (C=O) groups excluding carboxylic acids is 1. The fourth-order valence-electron chi connectivity index (χ4n) is 1.62. The van der Waals surface area contributed by atoms with Crippen molar-refractivity contribution in [3.63, 3.8) is 0 Å². The maximum Gasteiger partial charge on any atom is 0.318 e. The van der Waals surface area contributed by atoms with E-state index in [9.17, 15) is 9.59 Å². The van der Waals surface area contributed by atoms with Crippen LogP contribution in [0.2, 0.25) is 0 Å². The zero-order valence-electron chi connectivity index (χ0n) is 11.8. The van der Waals surface area contributed by atoms with E-state index in [1.807, 2.05) is 19.9 Å². The number of carbonyl (C=O) groups is 2. The topological polar surface area (TPSA) is 75.6 Å². The van der Waals surface area contributed by atoms with E-state index in [4.69, 9.17) is 9.84 Å². The van der Waals surface area contributed by atoms with Crippen LogP contribution in [0.5, 0.6) is 5.75 Å². The predicted molar refractivity (Wildman–Crippen MR) is 72.5 cm³/mol. The summed E-state index contributed by atoms with van der Waals surface area (Å²) < 4.78 is 5.22. The lowest BCUT2D eigenvalue weighted by molar-refractivity contribution is -0.151. The van der Waals surface area contributed by atoms with Gasteiger partial charge in [-0.25, -0.2) is 0 Å². The minimum Gasteiger partial charge on any atom is -0.495 e. The number of rotatable bonds is 4. The first kappa shape index (κ1) is 15.0. The molecule has 0 saturated carbocycles. The molecule has 1 amide bonds. The molecule has 0 fully saturated rings. The van der Waals surface area contributed by atoms with Gasteiger partial charge in [-0.05, 0) is 44.9 Å². The van der Waals surface area contributed by atoms with Crippen molar-refractivity contribution in [1.82, 2.24) is 0 Å². The zero-order chi connectivity index (χ0) is 14.8. The molecule has 0 atom stereocenters. The Hall–Kier alpha value is -2.04.